The van der Waals surface area contributed by atoms with Crippen LogP contribution in [-0.4, -0.2) is 22.9 Å². The first-order valence-corrected chi connectivity index (χ1v) is 6.22. The molecule has 1 unspecified atom stereocenters. The average Bonchev–Trinajstić information content (AvgIpc) is 3.03. The molecule has 1 aromatic rings. The maximum atomic E-state index is 9.95. The smallest absolute Gasteiger partial charge is 0.0832 e. The third-order valence-electron chi connectivity index (χ3n) is 3.09. The molecule has 16 heavy (non-hydrogen) atoms. The zero-order chi connectivity index (χ0) is 11.4. The Kier molecular flexibility index (Phi) is 4.02. The Bertz CT molecular complexity index is 317. The Morgan fingerprint density at radius 2 is 2.38 bits per heavy atom. The lowest BCUT2D eigenvalue weighted by molar-refractivity contribution is 0.141. The summed E-state index contributed by atoms with van der Waals surface area (Å²) in [5.41, 5.74) is 1.07. The van der Waals surface area contributed by atoms with Crippen LogP contribution in [0.25, 0.3) is 0 Å². The summed E-state index contributed by atoms with van der Waals surface area (Å²) in [6.45, 7) is 4.59. The second-order valence-corrected chi connectivity index (χ2v) is 4.52. The number of aromatic nitrogens is 1. The molecule has 3 nitrogen and oxygen atoms in total. The minimum atomic E-state index is -0.242. The molecule has 0 radical (unpaired) electrons. The molecule has 1 aromatic heterocycles. The van der Waals surface area contributed by atoms with Crippen LogP contribution in [0.3, 0.4) is 0 Å². The van der Waals surface area contributed by atoms with E-state index in [1.165, 1.54) is 12.8 Å². The van der Waals surface area contributed by atoms with Gasteiger partial charge in [-0.2, -0.15) is 0 Å². The van der Waals surface area contributed by atoms with Crippen LogP contribution in [-0.2, 0) is 11.3 Å². The highest BCUT2D eigenvalue weighted by Crippen LogP contribution is 2.40. The van der Waals surface area contributed by atoms with E-state index in [4.69, 9.17) is 4.74 Å². The molecule has 0 amide bonds. The first-order valence-electron chi connectivity index (χ1n) is 6.22. The van der Waals surface area contributed by atoms with Gasteiger partial charge < -0.3 is 14.4 Å². The van der Waals surface area contributed by atoms with Crippen molar-refractivity contribution >= 4 is 0 Å². The third kappa shape index (κ3) is 3.09. The van der Waals surface area contributed by atoms with E-state index >= 15 is 0 Å². The summed E-state index contributed by atoms with van der Waals surface area (Å²) in [4.78, 5) is 0. The maximum Gasteiger partial charge on any atom is 0.0832 e. The molecule has 1 N–H and O–H groups in total. The molecule has 1 saturated carbocycles. The van der Waals surface area contributed by atoms with Crippen LogP contribution in [0.1, 0.15) is 37.9 Å². The molecule has 0 bridgehead atoms. The van der Waals surface area contributed by atoms with E-state index in [1.807, 2.05) is 19.2 Å². The SMILES string of the molecule is CCOCCCn1ccc(C(O)C2CC2)c1. The number of aliphatic hydroxyl groups excluding tert-OH is 1. The molecule has 3 heteroatoms. The standard InChI is InChI=1S/C13H21NO2/c1-2-16-9-3-7-14-8-6-12(10-14)13(15)11-4-5-11/h6,8,10-11,13,15H,2-5,7,9H2,1H3. The highest BCUT2D eigenvalue weighted by Gasteiger charge is 2.30. The fourth-order valence-corrected chi connectivity index (χ4v) is 1.95. The van der Waals surface area contributed by atoms with Crippen LogP contribution in [0.5, 0.6) is 0 Å². The number of nitrogens with zero attached hydrogens (tertiary/aromatic N) is 1. The maximum absolute atomic E-state index is 9.95. The Morgan fingerprint density at radius 1 is 1.56 bits per heavy atom. The molecule has 1 aliphatic carbocycles. The second-order valence-electron chi connectivity index (χ2n) is 4.52. The molecule has 1 heterocycles. The fraction of sp³-hybridized carbons (Fsp3) is 0.692. The van der Waals surface area contributed by atoms with Crippen LogP contribution in [0.2, 0.25) is 0 Å². The predicted octanol–water partition coefficient (Wildman–Crippen LogP) is 2.36. The first kappa shape index (κ1) is 11.7. The molecule has 0 saturated heterocycles. The van der Waals surface area contributed by atoms with Crippen LogP contribution >= 0.6 is 0 Å². The van der Waals surface area contributed by atoms with Crippen LogP contribution in [0, 0.1) is 5.92 Å². The van der Waals surface area contributed by atoms with E-state index < -0.39 is 0 Å². The molecule has 90 valence electrons. The van der Waals surface area contributed by atoms with Gasteiger partial charge in [-0.3, -0.25) is 0 Å². The zero-order valence-electron chi connectivity index (χ0n) is 9.93. The van der Waals surface area contributed by atoms with Crippen molar-refractivity contribution in [2.45, 2.75) is 38.8 Å². The molecular formula is C13H21NO2. The van der Waals surface area contributed by atoms with Gasteiger partial charge in [0.25, 0.3) is 0 Å². The second kappa shape index (κ2) is 5.51. The van der Waals surface area contributed by atoms with E-state index in [1.54, 1.807) is 0 Å². The number of aliphatic hydroxyl groups is 1. The largest absolute Gasteiger partial charge is 0.388 e. The molecule has 0 aliphatic heterocycles. The van der Waals surface area contributed by atoms with Crippen molar-refractivity contribution in [2.24, 2.45) is 5.92 Å². The Balaban J connectivity index is 1.77. The van der Waals surface area contributed by atoms with Crippen LogP contribution in [0.4, 0.5) is 0 Å². The van der Waals surface area contributed by atoms with Gasteiger partial charge in [0.15, 0.2) is 0 Å². The van der Waals surface area contributed by atoms with Crippen molar-refractivity contribution in [3.8, 4) is 0 Å². The normalized spacial score (nSPS) is 17.6. The quantitative estimate of drug-likeness (QED) is 0.720. The molecule has 0 aromatic carbocycles. The van der Waals surface area contributed by atoms with Gasteiger partial charge in [0.05, 0.1) is 6.10 Å². The van der Waals surface area contributed by atoms with Crippen molar-refractivity contribution in [3.63, 3.8) is 0 Å². The number of hydrogen-bond acceptors (Lipinski definition) is 2. The third-order valence-corrected chi connectivity index (χ3v) is 3.09. The van der Waals surface area contributed by atoms with Crippen molar-refractivity contribution in [1.82, 2.24) is 4.57 Å². The molecular weight excluding hydrogens is 202 g/mol. The molecule has 0 spiro atoms. The molecule has 1 aliphatic rings. The average molecular weight is 223 g/mol. The summed E-state index contributed by atoms with van der Waals surface area (Å²) in [5.74, 6) is 0.513. The molecule has 2 rings (SSSR count). The fourth-order valence-electron chi connectivity index (χ4n) is 1.95. The summed E-state index contributed by atoms with van der Waals surface area (Å²) in [6.07, 6.45) is 7.25. The predicted molar refractivity (Wildman–Crippen MR) is 63.2 cm³/mol. The van der Waals surface area contributed by atoms with Crippen molar-refractivity contribution in [3.05, 3.63) is 24.0 Å². The van der Waals surface area contributed by atoms with Gasteiger partial charge in [-0.05, 0) is 43.7 Å². The first-order chi connectivity index (χ1) is 7.81. The van der Waals surface area contributed by atoms with Crippen molar-refractivity contribution in [1.29, 1.82) is 0 Å². The summed E-state index contributed by atoms with van der Waals surface area (Å²) in [5, 5.41) is 9.95. The molecule has 1 atom stereocenters. The summed E-state index contributed by atoms with van der Waals surface area (Å²) < 4.78 is 7.43. The van der Waals surface area contributed by atoms with Gasteiger partial charge >= 0.3 is 0 Å². The lowest BCUT2D eigenvalue weighted by Crippen LogP contribution is -2.01. The monoisotopic (exact) mass is 223 g/mol. The van der Waals surface area contributed by atoms with Crippen LogP contribution < -0.4 is 0 Å². The van der Waals surface area contributed by atoms with E-state index in [2.05, 4.69) is 10.8 Å². The summed E-state index contributed by atoms with van der Waals surface area (Å²) in [7, 11) is 0. The van der Waals surface area contributed by atoms with E-state index in [0.717, 1.165) is 31.7 Å². The van der Waals surface area contributed by atoms with Crippen molar-refractivity contribution in [2.75, 3.05) is 13.2 Å². The number of hydrogen-bond donors (Lipinski definition) is 1. The highest BCUT2D eigenvalue weighted by atomic mass is 16.5. The zero-order valence-corrected chi connectivity index (χ0v) is 9.93. The van der Waals surface area contributed by atoms with Gasteiger partial charge in [0.2, 0.25) is 0 Å². The van der Waals surface area contributed by atoms with Gasteiger partial charge in [-0.25, -0.2) is 0 Å². The van der Waals surface area contributed by atoms with E-state index in [9.17, 15) is 5.11 Å². The van der Waals surface area contributed by atoms with Crippen molar-refractivity contribution < 1.29 is 9.84 Å². The minimum Gasteiger partial charge on any atom is -0.388 e. The van der Waals surface area contributed by atoms with Gasteiger partial charge in [0, 0.05) is 32.2 Å². The minimum absolute atomic E-state index is 0.242. The number of aryl methyl sites for hydroxylation is 1. The Labute approximate surface area is 97.0 Å². The Hall–Kier alpha value is -0.800. The number of ether oxygens (including phenoxy) is 1. The molecule has 1 fully saturated rings. The number of rotatable bonds is 7. The van der Waals surface area contributed by atoms with E-state index in [-0.39, 0.29) is 6.10 Å². The van der Waals surface area contributed by atoms with E-state index in [0.29, 0.717) is 5.92 Å². The van der Waals surface area contributed by atoms with Gasteiger partial charge in [0.1, 0.15) is 0 Å². The highest BCUT2D eigenvalue weighted by molar-refractivity contribution is 5.15. The Morgan fingerprint density at radius 3 is 3.06 bits per heavy atom. The van der Waals surface area contributed by atoms with Gasteiger partial charge in [-0.1, -0.05) is 0 Å². The van der Waals surface area contributed by atoms with Gasteiger partial charge in [-0.15, -0.1) is 0 Å². The topological polar surface area (TPSA) is 34.4 Å². The lowest BCUT2D eigenvalue weighted by atomic mass is 10.1. The summed E-state index contributed by atoms with van der Waals surface area (Å²) in [6, 6.07) is 2.03. The lowest BCUT2D eigenvalue weighted by Gasteiger charge is -2.06. The van der Waals surface area contributed by atoms with Crippen LogP contribution in [0.15, 0.2) is 18.5 Å². The summed E-state index contributed by atoms with van der Waals surface area (Å²) >= 11 is 0.